The van der Waals surface area contributed by atoms with Crippen molar-refractivity contribution in [3.05, 3.63) is 16.1 Å². The highest BCUT2D eigenvalue weighted by Crippen LogP contribution is 2.29. The first kappa shape index (κ1) is 40.1. The van der Waals surface area contributed by atoms with Crippen molar-refractivity contribution in [1.29, 1.82) is 0 Å². The number of likely N-dealkylation sites (tertiary alicyclic amines) is 1. The number of aliphatic hydroxyl groups is 1. The number of carbonyl (C=O) groups excluding carboxylic acids is 4. The van der Waals surface area contributed by atoms with Crippen molar-refractivity contribution in [3.63, 3.8) is 0 Å². The number of aliphatic hydroxyl groups excluding tert-OH is 1. The van der Waals surface area contributed by atoms with Gasteiger partial charge in [0.1, 0.15) is 22.8 Å². The summed E-state index contributed by atoms with van der Waals surface area (Å²) < 4.78 is 5.61. The maximum absolute atomic E-state index is 14.4. The molecule has 5 unspecified atom stereocenters. The molecule has 4 amide bonds. The van der Waals surface area contributed by atoms with Crippen molar-refractivity contribution in [2.24, 2.45) is 17.8 Å². The molecule has 0 spiro atoms. The third-order valence-electron chi connectivity index (χ3n) is 8.66. The molecule has 2 rings (SSSR count). The normalized spacial score (nSPS) is 17.9. The minimum atomic E-state index is -1.38. The molecule has 1 saturated heterocycles. The first-order valence-corrected chi connectivity index (χ1v) is 17.7. The van der Waals surface area contributed by atoms with Crippen LogP contribution in [0.3, 0.4) is 0 Å². The molecule has 0 aromatic carbocycles. The second-order valence-corrected chi connectivity index (χ2v) is 14.2. The van der Waals surface area contributed by atoms with Crippen molar-refractivity contribution in [2.45, 2.75) is 118 Å². The van der Waals surface area contributed by atoms with Gasteiger partial charge in [-0.1, -0.05) is 61.3 Å². The van der Waals surface area contributed by atoms with Gasteiger partial charge < -0.3 is 25.2 Å². The van der Waals surface area contributed by atoms with Crippen LogP contribution in [0, 0.1) is 17.8 Å². The van der Waals surface area contributed by atoms with E-state index in [4.69, 9.17) is 4.74 Å². The standard InChI is InChI=1S/C33H55N5O8S/c1-9-14-37(33(44)45)31(42)23-18-47-30(34-23)26(39)17-25(21(5)6)38(19-46-27(40)16-20(3)4)32(43)28(22(7)10-2)35-29(41)24-13-11-12-15-36(24)8/h18,20-22,24-26,28,39H,9-17,19H2,1-8H3,(H,35,41)(H,44,45). The molecule has 13 nitrogen and oxygen atoms in total. The fourth-order valence-electron chi connectivity index (χ4n) is 5.65. The van der Waals surface area contributed by atoms with Crippen LogP contribution in [-0.2, 0) is 19.1 Å². The zero-order valence-electron chi connectivity index (χ0n) is 29.2. The van der Waals surface area contributed by atoms with Gasteiger partial charge in [0, 0.05) is 30.8 Å². The molecule has 2 heterocycles. The van der Waals surface area contributed by atoms with E-state index in [1.54, 1.807) is 6.92 Å². The number of amides is 4. The number of nitrogens with one attached hydrogen (secondary N) is 1. The number of piperidine rings is 1. The Morgan fingerprint density at radius 2 is 1.81 bits per heavy atom. The van der Waals surface area contributed by atoms with Gasteiger partial charge in [-0.25, -0.2) is 14.7 Å². The van der Waals surface area contributed by atoms with E-state index in [-0.39, 0.29) is 66.5 Å². The van der Waals surface area contributed by atoms with Crippen LogP contribution in [0.25, 0.3) is 0 Å². The molecular formula is C33H55N5O8S. The van der Waals surface area contributed by atoms with Gasteiger partial charge in [-0.15, -0.1) is 11.3 Å². The largest absolute Gasteiger partial charge is 0.465 e. The molecule has 0 saturated carbocycles. The summed E-state index contributed by atoms with van der Waals surface area (Å²) in [5, 5.41) is 25.4. The van der Waals surface area contributed by atoms with Crippen molar-refractivity contribution in [3.8, 4) is 0 Å². The van der Waals surface area contributed by atoms with Crippen LogP contribution in [-0.4, -0.2) is 105 Å². The lowest BCUT2D eigenvalue weighted by Crippen LogP contribution is -2.59. The Labute approximate surface area is 283 Å². The van der Waals surface area contributed by atoms with Crippen LogP contribution in [0.5, 0.6) is 0 Å². The van der Waals surface area contributed by atoms with Gasteiger partial charge in [0.25, 0.3) is 5.91 Å². The second kappa shape index (κ2) is 19.0. The number of nitrogens with zero attached hydrogens (tertiary/aromatic N) is 4. The van der Waals surface area contributed by atoms with E-state index >= 15 is 0 Å². The summed E-state index contributed by atoms with van der Waals surface area (Å²) in [4.78, 5) is 73.4. The predicted molar refractivity (Wildman–Crippen MR) is 179 cm³/mol. The van der Waals surface area contributed by atoms with Crippen LogP contribution >= 0.6 is 11.3 Å². The molecule has 266 valence electrons. The van der Waals surface area contributed by atoms with E-state index in [0.717, 1.165) is 30.7 Å². The fourth-order valence-corrected chi connectivity index (χ4v) is 6.44. The summed E-state index contributed by atoms with van der Waals surface area (Å²) in [6.07, 6.45) is 1.23. The Hall–Kier alpha value is -3.10. The lowest BCUT2D eigenvalue weighted by atomic mass is 9.92. The third kappa shape index (κ3) is 11.5. The minimum Gasteiger partial charge on any atom is -0.465 e. The molecule has 1 aliphatic rings. The van der Waals surface area contributed by atoms with E-state index in [1.807, 2.05) is 53.5 Å². The number of hydrogen-bond donors (Lipinski definition) is 3. The topological polar surface area (TPSA) is 170 Å². The zero-order valence-corrected chi connectivity index (χ0v) is 30.0. The number of ether oxygens (including phenoxy) is 1. The average Bonchev–Trinajstić information content (AvgIpc) is 3.51. The summed E-state index contributed by atoms with van der Waals surface area (Å²) in [5.41, 5.74) is -0.0937. The first-order valence-electron chi connectivity index (χ1n) is 16.8. The molecule has 5 atom stereocenters. The summed E-state index contributed by atoms with van der Waals surface area (Å²) >= 11 is 1.02. The number of aromatic nitrogens is 1. The van der Waals surface area contributed by atoms with Crippen LogP contribution in [0.4, 0.5) is 4.79 Å². The molecule has 1 fully saturated rings. The van der Waals surface area contributed by atoms with Gasteiger partial charge in [-0.05, 0) is 50.6 Å². The molecule has 3 N–H and O–H groups in total. The van der Waals surface area contributed by atoms with Gasteiger partial charge >= 0.3 is 12.1 Å². The zero-order chi connectivity index (χ0) is 35.4. The highest BCUT2D eigenvalue weighted by molar-refractivity contribution is 7.09. The summed E-state index contributed by atoms with van der Waals surface area (Å²) in [6.45, 7) is 13.6. The van der Waals surface area contributed by atoms with E-state index in [0.29, 0.717) is 24.2 Å². The number of carboxylic acid groups (broad SMARTS) is 1. The van der Waals surface area contributed by atoms with Gasteiger partial charge in [0.05, 0.1) is 6.04 Å². The quantitative estimate of drug-likeness (QED) is 0.157. The molecule has 0 radical (unpaired) electrons. The minimum absolute atomic E-state index is 0.00355. The monoisotopic (exact) mass is 681 g/mol. The molecule has 0 bridgehead atoms. The molecule has 47 heavy (non-hydrogen) atoms. The number of esters is 1. The van der Waals surface area contributed by atoms with Crippen molar-refractivity contribution >= 4 is 41.1 Å². The van der Waals surface area contributed by atoms with E-state index in [9.17, 15) is 34.2 Å². The molecule has 0 aliphatic carbocycles. The van der Waals surface area contributed by atoms with Crippen molar-refractivity contribution < 1.29 is 38.9 Å². The Balaban J connectivity index is 2.41. The molecule has 1 aromatic heterocycles. The molecule has 1 aliphatic heterocycles. The number of likely N-dealkylation sites (N-methyl/N-ethyl adjacent to an activating group) is 1. The number of hydrogen-bond acceptors (Lipinski definition) is 10. The highest BCUT2D eigenvalue weighted by Gasteiger charge is 2.38. The van der Waals surface area contributed by atoms with Crippen LogP contribution in [0.1, 0.15) is 115 Å². The Kier molecular flexibility index (Phi) is 16.2. The second-order valence-electron chi connectivity index (χ2n) is 13.3. The maximum Gasteiger partial charge on any atom is 0.414 e. The first-order chi connectivity index (χ1) is 22.1. The highest BCUT2D eigenvalue weighted by atomic mass is 32.1. The lowest BCUT2D eigenvalue weighted by Gasteiger charge is -2.39. The Morgan fingerprint density at radius 3 is 2.36 bits per heavy atom. The van der Waals surface area contributed by atoms with Crippen molar-refractivity contribution in [1.82, 2.24) is 25.0 Å². The van der Waals surface area contributed by atoms with Crippen LogP contribution in [0.2, 0.25) is 0 Å². The van der Waals surface area contributed by atoms with Gasteiger partial charge in [0.15, 0.2) is 6.73 Å². The number of carbonyl (C=O) groups is 5. The third-order valence-corrected chi connectivity index (χ3v) is 9.60. The number of rotatable bonds is 17. The summed E-state index contributed by atoms with van der Waals surface area (Å²) in [6, 6.07) is -1.89. The molecule has 1 aromatic rings. The van der Waals surface area contributed by atoms with Crippen LogP contribution < -0.4 is 5.32 Å². The fraction of sp³-hybridized carbons (Fsp3) is 0.758. The Morgan fingerprint density at radius 1 is 1.13 bits per heavy atom. The molecule has 14 heteroatoms. The smallest absolute Gasteiger partial charge is 0.414 e. The number of imide groups is 1. The predicted octanol–water partition coefficient (Wildman–Crippen LogP) is 4.51. The lowest BCUT2D eigenvalue weighted by molar-refractivity contribution is -0.160. The van der Waals surface area contributed by atoms with Crippen LogP contribution in [0.15, 0.2) is 5.38 Å². The van der Waals surface area contributed by atoms with Gasteiger partial charge in [-0.2, -0.15) is 0 Å². The van der Waals surface area contributed by atoms with E-state index in [1.165, 1.54) is 10.3 Å². The number of thiazole rings is 1. The SMILES string of the molecule is CCCN(C(=O)O)C(=O)c1csc(C(O)CC(C(C)C)N(COC(=O)CC(C)C)C(=O)C(NC(=O)C2CCCCN2C)C(C)CC)n1. The van der Waals surface area contributed by atoms with Crippen molar-refractivity contribution in [2.75, 3.05) is 26.9 Å². The average molecular weight is 682 g/mol. The van der Waals surface area contributed by atoms with Gasteiger partial charge in [0.2, 0.25) is 11.8 Å². The van der Waals surface area contributed by atoms with Gasteiger partial charge in [-0.3, -0.25) is 24.1 Å². The van der Waals surface area contributed by atoms with E-state index < -0.39 is 42.1 Å². The van der Waals surface area contributed by atoms with E-state index in [2.05, 4.69) is 10.3 Å². The Bertz CT molecular complexity index is 1210. The maximum atomic E-state index is 14.4. The molecular weight excluding hydrogens is 626 g/mol. The summed E-state index contributed by atoms with van der Waals surface area (Å²) in [5.74, 6) is -2.29. The summed E-state index contributed by atoms with van der Waals surface area (Å²) in [7, 11) is 1.90.